The topological polar surface area (TPSA) is 73.2 Å². The van der Waals surface area contributed by atoms with Crippen molar-refractivity contribution in [3.05, 3.63) is 58.9 Å². The van der Waals surface area contributed by atoms with Gasteiger partial charge in [0, 0.05) is 6.07 Å². The normalized spacial score (nSPS) is 10.4. The van der Waals surface area contributed by atoms with Gasteiger partial charge in [0.15, 0.2) is 5.16 Å². The maximum absolute atomic E-state index is 13.1. The van der Waals surface area contributed by atoms with Gasteiger partial charge in [-0.05, 0) is 24.3 Å². The molecule has 136 valence electrons. The lowest BCUT2D eigenvalue weighted by molar-refractivity contribution is -0.118. The molecule has 1 heterocycles. The Morgan fingerprint density at radius 3 is 2.89 bits per heavy atom. The lowest BCUT2D eigenvalue weighted by atomic mass is 10.2. The van der Waals surface area contributed by atoms with Crippen LogP contribution in [0.1, 0.15) is 0 Å². The predicted octanol–water partition coefficient (Wildman–Crippen LogP) is 2.24. The van der Waals surface area contributed by atoms with E-state index in [4.69, 9.17) is 11.2 Å². The SMILES string of the molecule is C#CCNC(=O)CSc1nc2ccccc2c(=O)n1-c1cccc(OC)c1. The van der Waals surface area contributed by atoms with Gasteiger partial charge in [-0.15, -0.1) is 6.42 Å². The highest BCUT2D eigenvalue weighted by molar-refractivity contribution is 7.99. The Balaban J connectivity index is 2.08. The standard InChI is InChI=1S/C20H17N3O3S/c1-3-11-21-18(24)13-27-20-22-17-10-5-4-9-16(17)19(25)23(20)14-7-6-8-15(12-14)26-2/h1,4-10,12H,11,13H2,2H3,(H,21,24). The minimum absolute atomic E-state index is 0.0937. The summed E-state index contributed by atoms with van der Waals surface area (Å²) in [4.78, 5) is 29.6. The highest BCUT2D eigenvalue weighted by atomic mass is 32.2. The van der Waals surface area contributed by atoms with Gasteiger partial charge in [0.25, 0.3) is 5.56 Å². The van der Waals surface area contributed by atoms with Gasteiger partial charge in [0.2, 0.25) is 5.91 Å². The Hall–Kier alpha value is -3.24. The van der Waals surface area contributed by atoms with Crippen molar-refractivity contribution in [2.75, 3.05) is 19.4 Å². The number of aromatic nitrogens is 2. The summed E-state index contributed by atoms with van der Waals surface area (Å²) in [7, 11) is 1.56. The maximum atomic E-state index is 13.1. The molecule has 0 bridgehead atoms. The van der Waals surface area contributed by atoms with Crippen LogP contribution >= 0.6 is 11.8 Å². The van der Waals surface area contributed by atoms with E-state index in [1.54, 1.807) is 49.6 Å². The Morgan fingerprint density at radius 2 is 2.11 bits per heavy atom. The van der Waals surface area contributed by atoms with Gasteiger partial charge in [-0.25, -0.2) is 4.98 Å². The zero-order valence-electron chi connectivity index (χ0n) is 14.6. The summed E-state index contributed by atoms with van der Waals surface area (Å²) in [5, 5.41) is 3.52. The summed E-state index contributed by atoms with van der Waals surface area (Å²) in [6.45, 7) is 0.160. The fourth-order valence-electron chi connectivity index (χ4n) is 2.52. The van der Waals surface area contributed by atoms with Crippen LogP contribution in [-0.2, 0) is 4.79 Å². The quantitative estimate of drug-likeness (QED) is 0.404. The number of methoxy groups -OCH3 is 1. The van der Waals surface area contributed by atoms with Gasteiger partial charge < -0.3 is 10.1 Å². The number of thioether (sulfide) groups is 1. The van der Waals surface area contributed by atoms with Crippen LogP contribution in [0.2, 0.25) is 0 Å². The van der Waals surface area contributed by atoms with Crippen molar-refractivity contribution in [2.45, 2.75) is 5.16 Å². The number of carbonyl (C=O) groups is 1. The van der Waals surface area contributed by atoms with Crippen molar-refractivity contribution >= 4 is 28.6 Å². The number of ether oxygens (including phenoxy) is 1. The molecule has 3 rings (SSSR count). The molecule has 0 saturated heterocycles. The van der Waals surface area contributed by atoms with Crippen LogP contribution in [0.15, 0.2) is 58.5 Å². The van der Waals surface area contributed by atoms with Crippen LogP contribution in [-0.4, -0.2) is 34.9 Å². The fourth-order valence-corrected chi connectivity index (χ4v) is 3.36. The molecule has 0 aliphatic heterocycles. The molecule has 0 unspecified atom stereocenters. The Labute approximate surface area is 160 Å². The number of fused-ring (bicyclic) bond motifs is 1. The molecule has 7 heteroatoms. The third-order valence-electron chi connectivity index (χ3n) is 3.78. The first-order valence-corrected chi connectivity index (χ1v) is 9.12. The first-order valence-electron chi connectivity index (χ1n) is 8.13. The first kappa shape index (κ1) is 18.5. The van der Waals surface area contributed by atoms with Crippen molar-refractivity contribution in [1.29, 1.82) is 0 Å². The van der Waals surface area contributed by atoms with Gasteiger partial charge in [-0.2, -0.15) is 0 Å². The van der Waals surface area contributed by atoms with Gasteiger partial charge in [0.1, 0.15) is 5.75 Å². The van der Waals surface area contributed by atoms with Crippen molar-refractivity contribution in [2.24, 2.45) is 0 Å². The van der Waals surface area contributed by atoms with E-state index in [1.807, 2.05) is 6.07 Å². The molecule has 0 fully saturated rings. The predicted molar refractivity (Wildman–Crippen MR) is 106 cm³/mol. The highest BCUT2D eigenvalue weighted by Crippen LogP contribution is 2.23. The molecule has 0 aliphatic carbocycles. The number of benzene rings is 2. The van der Waals surface area contributed by atoms with E-state index in [-0.39, 0.29) is 23.8 Å². The number of para-hydroxylation sites is 1. The maximum Gasteiger partial charge on any atom is 0.266 e. The Morgan fingerprint density at radius 1 is 1.30 bits per heavy atom. The number of nitrogens with zero attached hydrogens (tertiary/aromatic N) is 2. The molecule has 1 aromatic heterocycles. The van der Waals surface area contributed by atoms with E-state index in [0.717, 1.165) is 0 Å². The zero-order chi connectivity index (χ0) is 19.2. The van der Waals surface area contributed by atoms with E-state index in [0.29, 0.717) is 27.5 Å². The molecule has 1 N–H and O–H groups in total. The van der Waals surface area contributed by atoms with E-state index in [2.05, 4.69) is 16.2 Å². The minimum atomic E-state index is -0.224. The smallest absolute Gasteiger partial charge is 0.266 e. The first-order chi connectivity index (χ1) is 13.1. The zero-order valence-corrected chi connectivity index (χ0v) is 15.5. The van der Waals surface area contributed by atoms with E-state index in [9.17, 15) is 9.59 Å². The third kappa shape index (κ3) is 4.13. The second kappa shape index (κ2) is 8.43. The molecular formula is C20H17N3O3S. The summed E-state index contributed by atoms with van der Waals surface area (Å²) >= 11 is 1.17. The number of carbonyl (C=O) groups excluding carboxylic acids is 1. The second-order valence-corrected chi connectivity index (χ2v) is 6.47. The largest absolute Gasteiger partial charge is 0.497 e. The molecule has 0 saturated carbocycles. The molecular weight excluding hydrogens is 362 g/mol. The number of amides is 1. The van der Waals surface area contributed by atoms with Crippen LogP contribution in [0.25, 0.3) is 16.6 Å². The average molecular weight is 379 g/mol. The lowest BCUT2D eigenvalue weighted by Gasteiger charge is -2.14. The van der Waals surface area contributed by atoms with Gasteiger partial charge in [-0.3, -0.25) is 14.2 Å². The minimum Gasteiger partial charge on any atom is -0.497 e. The van der Waals surface area contributed by atoms with Crippen molar-refractivity contribution in [1.82, 2.24) is 14.9 Å². The molecule has 0 atom stereocenters. The highest BCUT2D eigenvalue weighted by Gasteiger charge is 2.15. The molecule has 2 aromatic carbocycles. The Bertz CT molecular complexity index is 1090. The van der Waals surface area contributed by atoms with Crippen molar-refractivity contribution < 1.29 is 9.53 Å². The van der Waals surface area contributed by atoms with Crippen LogP contribution < -0.4 is 15.6 Å². The van der Waals surface area contributed by atoms with Crippen LogP contribution in [0.5, 0.6) is 5.75 Å². The molecule has 1 amide bonds. The lowest BCUT2D eigenvalue weighted by Crippen LogP contribution is -2.26. The van der Waals surface area contributed by atoms with Crippen LogP contribution in [0.3, 0.4) is 0 Å². The van der Waals surface area contributed by atoms with Crippen LogP contribution in [0.4, 0.5) is 0 Å². The van der Waals surface area contributed by atoms with Crippen LogP contribution in [0, 0.1) is 12.3 Å². The molecule has 6 nitrogen and oxygen atoms in total. The number of terminal acetylenes is 1. The van der Waals surface area contributed by atoms with E-state index < -0.39 is 0 Å². The number of nitrogens with one attached hydrogen (secondary N) is 1. The molecule has 0 aliphatic rings. The summed E-state index contributed by atoms with van der Waals surface area (Å²) in [6, 6.07) is 14.3. The monoisotopic (exact) mass is 379 g/mol. The number of hydrogen-bond donors (Lipinski definition) is 1. The van der Waals surface area contributed by atoms with E-state index in [1.165, 1.54) is 16.3 Å². The van der Waals surface area contributed by atoms with Gasteiger partial charge >= 0.3 is 0 Å². The third-order valence-corrected chi connectivity index (χ3v) is 4.72. The average Bonchev–Trinajstić information content (AvgIpc) is 2.70. The fraction of sp³-hybridized carbons (Fsp3) is 0.150. The summed E-state index contributed by atoms with van der Waals surface area (Å²) in [5.74, 6) is 2.84. The molecule has 0 radical (unpaired) electrons. The van der Waals surface area contributed by atoms with Gasteiger partial charge in [-0.1, -0.05) is 35.9 Å². The Kier molecular flexibility index (Phi) is 5.79. The number of rotatable bonds is 6. The van der Waals surface area contributed by atoms with Crippen molar-refractivity contribution in [3.8, 4) is 23.8 Å². The summed E-state index contributed by atoms with van der Waals surface area (Å²) < 4.78 is 6.75. The summed E-state index contributed by atoms with van der Waals surface area (Å²) in [6.07, 6.45) is 5.15. The second-order valence-electron chi connectivity index (χ2n) is 5.52. The van der Waals surface area contributed by atoms with Gasteiger partial charge in [0.05, 0.1) is 36.0 Å². The van der Waals surface area contributed by atoms with Crippen molar-refractivity contribution in [3.63, 3.8) is 0 Å². The number of hydrogen-bond acceptors (Lipinski definition) is 5. The molecule has 27 heavy (non-hydrogen) atoms. The molecule has 3 aromatic rings. The molecule has 0 spiro atoms. The van der Waals surface area contributed by atoms with E-state index >= 15 is 0 Å². The summed E-state index contributed by atoms with van der Waals surface area (Å²) in [5.41, 5.74) is 0.984.